The fourth-order valence-electron chi connectivity index (χ4n) is 3.73. The first kappa shape index (κ1) is 22.7. The topological polar surface area (TPSA) is 70.7 Å². The molecule has 0 spiro atoms. The molecule has 1 fully saturated rings. The van der Waals surface area contributed by atoms with E-state index in [2.05, 4.69) is 29.4 Å². The van der Waals surface area contributed by atoms with Crippen LogP contribution in [0.2, 0.25) is 0 Å². The molecule has 166 valence electrons. The molecule has 1 heterocycles. The predicted molar refractivity (Wildman–Crippen MR) is 120 cm³/mol. The van der Waals surface area contributed by atoms with Gasteiger partial charge in [-0.15, -0.1) is 0 Å². The molecule has 0 aliphatic carbocycles. The van der Waals surface area contributed by atoms with Gasteiger partial charge in [-0.3, -0.25) is 9.59 Å². The molecule has 2 aromatic carbocycles. The van der Waals surface area contributed by atoms with E-state index in [-0.39, 0.29) is 24.0 Å². The standard InChI is InChI=1S/C24H30FN3O3/c1-15(2)22(27-23(29)18-5-7-19(25)8-6-18)24(30)26-20-9-11-21(12-10-20)28-13-16(3)31-17(4)14-28/h5-12,15-17,22H,13-14H2,1-4H3,(H,26,30)(H,27,29). The van der Waals surface area contributed by atoms with Gasteiger partial charge in [-0.2, -0.15) is 0 Å². The van der Waals surface area contributed by atoms with Gasteiger partial charge in [0.15, 0.2) is 0 Å². The summed E-state index contributed by atoms with van der Waals surface area (Å²) in [5.74, 6) is -1.26. The molecule has 0 aromatic heterocycles. The SMILES string of the molecule is CC1CN(c2ccc(NC(=O)C(NC(=O)c3ccc(F)cc3)C(C)C)cc2)CC(C)O1. The third kappa shape index (κ3) is 6.04. The van der Waals surface area contributed by atoms with Crippen molar-refractivity contribution in [1.29, 1.82) is 0 Å². The molecule has 0 bridgehead atoms. The van der Waals surface area contributed by atoms with E-state index < -0.39 is 17.8 Å². The lowest BCUT2D eigenvalue weighted by atomic mass is 10.0. The average Bonchev–Trinajstić information content (AvgIpc) is 2.72. The number of rotatable bonds is 6. The van der Waals surface area contributed by atoms with Gasteiger partial charge in [0.25, 0.3) is 5.91 Å². The molecule has 6 nitrogen and oxygen atoms in total. The molecule has 1 aliphatic heterocycles. The van der Waals surface area contributed by atoms with Crippen LogP contribution < -0.4 is 15.5 Å². The van der Waals surface area contributed by atoms with Crippen LogP contribution in [0.5, 0.6) is 0 Å². The fraction of sp³-hybridized carbons (Fsp3) is 0.417. The summed E-state index contributed by atoms with van der Waals surface area (Å²) in [5, 5.41) is 5.63. The molecule has 0 saturated carbocycles. The van der Waals surface area contributed by atoms with Crippen molar-refractivity contribution in [2.75, 3.05) is 23.3 Å². The lowest BCUT2D eigenvalue weighted by molar-refractivity contribution is -0.118. The Bertz CT molecular complexity index is 889. The van der Waals surface area contributed by atoms with Gasteiger partial charge in [0.2, 0.25) is 5.91 Å². The maximum atomic E-state index is 13.1. The van der Waals surface area contributed by atoms with E-state index in [0.29, 0.717) is 11.3 Å². The third-order valence-electron chi connectivity index (χ3n) is 5.26. The van der Waals surface area contributed by atoms with Gasteiger partial charge in [0.1, 0.15) is 11.9 Å². The Hall–Kier alpha value is -2.93. The number of carbonyl (C=O) groups is 2. The van der Waals surface area contributed by atoms with Crippen LogP contribution in [0.4, 0.5) is 15.8 Å². The summed E-state index contributed by atoms with van der Waals surface area (Å²) in [7, 11) is 0. The number of morpholine rings is 1. The second kappa shape index (κ2) is 9.92. The first-order valence-corrected chi connectivity index (χ1v) is 10.6. The minimum Gasteiger partial charge on any atom is -0.372 e. The molecule has 2 aromatic rings. The molecule has 0 radical (unpaired) electrons. The molecule has 3 rings (SSSR count). The van der Waals surface area contributed by atoms with Crippen molar-refractivity contribution in [3.8, 4) is 0 Å². The number of nitrogens with zero attached hydrogens (tertiary/aromatic N) is 1. The van der Waals surface area contributed by atoms with Crippen molar-refractivity contribution in [2.24, 2.45) is 5.92 Å². The fourth-order valence-corrected chi connectivity index (χ4v) is 3.73. The predicted octanol–water partition coefficient (Wildman–Crippen LogP) is 3.83. The maximum absolute atomic E-state index is 13.1. The molecule has 1 aliphatic rings. The first-order valence-electron chi connectivity index (χ1n) is 10.6. The van der Waals surface area contributed by atoms with Gasteiger partial charge < -0.3 is 20.3 Å². The number of hydrogen-bond donors (Lipinski definition) is 2. The summed E-state index contributed by atoms with van der Waals surface area (Å²) >= 11 is 0. The highest BCUT2D eigenvalue weighted by molar-refractivity contribution is 6.01. The van der Waals surface area contributed by atoms with Crippen molar-refractivity contribution in [3.63, 3.8) is 0 Å². The van der Waals surface area contributed by atoms with Gasteiger partial charge in [-0.25, -0.2) is 4.39 Å². The Balaban J connectivity index is 1.63. The molecule has 2 amide bonds. The lowest BCUT2D eigenvalue weighted by Gasteiger charge is -2.36. The number of anilines is 2. The van der Waals surface area contributed by atoms with Gasteiger partial charge in [0.05, 0.1) is 12.2 Å². The van der Waals surface area contributed by atoms with Crippen LogP contribution in [0.25, 0.3) is 0 Å². The molecule has 31 heavy (non-hydrogen) atoms. The van der Waals surface area contributed by atoms with E-state index in [1.165, 1.54) is 24.3 Å². The summed E-state index contributed by atoms with van der Waals surface area (Å²) < 4.78 is 18.9. The van der Waals surface area contributed by atoms with Crippen LogP contribution in [0.15, 0.2) is 48.5 Å². The Morgan fingerprint density at radius 1 is 1.00 bits per heavy atom. The Kier molecular flexibility index (Phi) is 7.28. The van der Waals surface area contributed by atoms with Crippen LogP contribution in [-0.2, 0) is 9.53 Å². The van der Waals surface area contributed by atoms with E-state index in [1.807, 2.05) is 38.1 Å². The zero-order chi connectivity index (χ0) is 22.5. The number of halogens is 1. The lowest BCUT2D eigenvalue weighted by Crippen LogP contribution is -2.47. The van der Waals surface area contributed by atoms with Crippen molar-refractivity contribution in [2.45, 2.75) is 45.9 Å². The Morgan fingerprint density at radius 2 is 1.58 bits per heavy atom. The molecule has 1 saturated heterocycles. The van der Waals surface area contributed by atoms with Gasteiger partial charge in [0, 0.05) is 30.0 Å². The highest BCUT2D eigenvalue weighted by Gasteiger charge is 2.25. The highest BCUT2D eigenvalue weighted by atomic mass is 19.1. The zero-order valence-corrected chi connectivity index (χ0v) is 18.4. The minimum atomic E-state index is -0.724. The molecule has 2 N–H and O–H groups in total. The smallest absolute Gasteiger partial charge is 0.251 e. The van der Waals surface area contributed by atoms with Crippen LogP contribution in [0.1, 0.15) is 38.1 Å². The Morgan fingerprint density at radius 3 is 2.13 bits per heavy atom. The Labute approximate surface area is 182 Å². The summed E-state index contributed by atoms with van der Waals surface area (Å²) in [5.41, 5.74) is 2.04. The number of ether oxygens (including phenoxy) is 1. The normalized spacial score (nSPS) is 19.7. The number of hydrogen-bond acceptors (Lipinski definition) is 4. The summed E-state index contributed by atoms with van der Waals surface area (Å²) in [4.78, 5) is 27.6. The van der Waals surface area contributed by atoms with Crippen molar-refractivity contribution < 1.29 is 18.7 Å². The van der Waals surface area contributed by atoms with E-state index in [1.54, 1.807) is 0 Å². The summed E-state index contributed by atoms with van der Waals surface area (Å²) in [6.07, 6.45) is 0.333. The van der Waals surface area contributed by atoms with E-state index in [9.17, 15) is 14.0 Å². The maximum Gasteiger partial charge on any atom is 0.251 e. The number of amides is 2. The van der Waals surface area contributed by atoms with Crippen molar-refractivity contribution in [1.82, 2.24) is 5.32 Å². The van der Waals surface area contributed by atoms with Gasteiger partial charge in [-0.05, 0) is 68.3 Å². The van der Waals surface area contributed by atoms with Crippen molar-refractivity contribution in [3.05, 3.63) is 59.9 Å². The summed E-state index contributed by atoms with van der Waals surface area (Å²) in [6.45, 7) is 9.48. The van der Waals surface area contributed by atoms with Crippen molar-refractivity contribution >= 4 is 23.2 Å². The zero-order valence-electron chi connectivity index (χ0n) is 18.4. The second-order valence-electron chi connectivity index (χ2n) is 8.40. The molecule has 7 heteroatoms. The second-order valence-corrected chi connectivity index (χ2v) is 8.40. The number of benzene rings is 2. The van der Waals surface area contributed by atoms with E-state index in [0.717, 1.165) is 18.8 Å². The monoisotopic (exact) mass is 427 g/mol. The quantitative estimate of drug-likeness (QED) is 0.735. The van der Waals surface area contributed by atoms with Crippen LogP contribution >= 0.6 is 0 Å². The van der Waals surface area contributed by atoms with E-state index >= 15 is 0 Å². The van der Waals surface area contributed by atoms with Gasteiger partial charge in [-0.1, -0.05) is 13.8 Å². The minimum absolute atomic E-state index is 0.125. The number of carbonyl (C=O) groups excluding carboxylic acids is 2. The third-order valence-corrected chi connectivity index (χ3v) is 5.26. The highest BCUT2D eigenvalue weighted by Crippen LogP contribution is 2.22. The molecule has 3 unspecified atom stereocenters. The largest absolute Gasteiger partial charge is 0.372 e. The van der Waals surface area contributed by atoms with Crippen LogP contribution in [0, 0.1) is 11.7 Å². The average molecular weight is 428 g/mol. The summed E-state index contributed by atoms with van der Waals surface area (Å²) in [6, 6.07) is 12.2. The molecular formula is C24H30FN3O3. The van der Waals surface area contributed by atoms with Crippen LogP contribution in [-0.4, -0.2) is 43.2 Å². The van der Waals surface area contributed by atoms with E-state index in [4.69, 9.17) is 4.74 Å². The molecule has 3 atom stereocenters. The van der Waals surface area contributed by atoms with Gasteiger partial charge >= 0.3 is 0 Å². The number of nitrogens with one attached hydrogen (secondary N) is 2. The molecular weight excluding hydrogens is 397 g/mol. The first-order chi connectivity index (χ1) is 14.7. The van der Waals surface area contributed by atoms with Crippen LogP contribution in [0.3, 0.4) is 0 Å².